The smallest absolute Gasteiger partial charge is 0.175 e. The van der Waals surface area contributed by atoms with Crippen LogP contribution in [-0.2, 0) is 9.84 Å². The zero-order valence-electron chi connectivity index (χ0n) is 9.55. The number of anilines is 1. The Bertz CT molecular complexity index is 425. The molecule has 1 rings (SSSR count). The highest BCUT2D eigenvalue weighted by atomic mass is 32.2. The molecule has 90 valence electrons. The van der Waals surface area contributed by atoms with Gasteiger partial charge >= 0.3 is 0 Å². The minimum absolute atomic E-state index is 0.158. The van der Waals surface area contributed by atoms with Gasteiger partial charge in [-0.25, -0.2) is 8.42 Å². The Kier molecular flexibility index (Phi) is 4.32. The van der Waals surface area contributed by atoms with Crippen molar-refractivity contribution in [2.75, 3.05) is 31.4 Å². The zero-order chi connectivity index (χ0) is 12.2. The first-order chi connectivity index (χ1) is 7.45. The van der Waals surface area contributed by atoms with Gasteiger partial charge in [0, 0.05) is 32.1 Å². The van der Waals surface area contributed by atoms with Gasteiger partial charge in [-0.15, -0.1) is 0 Å². The molecule has 0 unspecified atom stereocenters. The first kappa shape index (κ1) is 13.0. The maximum Gasteiger partial charge on any atom is 0.175 e. The Hall–Kier alpha value is -1.07. The lowest BCUT2D eigenvalue weighted by molar-refractivity contribution is 0.290. The number of benzene rings is 1. The second-order valence-corrected chi connectivity index (χ2v) is 5.78. The van der Waals surface area contributed by atoms with Crippen LogP contribution in [0.1, 0.15) is 6.42 Å². The van der Waals surface area contributed by atoms with Crippen LogP contribution >= 0.6 is 0 Å². The molecule has 4 nitrogen and oxygen atoms in total. The summed E-state index contributed by atoms with van der Waals surface area (Å²) in [5, 5.41) is 8.71. The van der Waals surface area contributed by atoms with Crippen LogP contribution in [-0.4, -0.2) is 40.0 Å². The fraction of sp³-hybridized carbons (Fsp3) is 0.455. The molecule has 0 aliphatic rings. The second-order valence-electron chi connectivity index (χ2n) is 3.76. The van der Waals surface area contributed by atoms with Gasteiger partial charge in [-0.1, -0.05) is 0 Å². The molecule has 0 saturated carbocycles. The molecule has 1 aromatic rings. The maximum absolute atomic E-state index is 11.2. The molecule has 1 aromatic carbocycles. The Morgan fingerprint density at radius 3 is 2.25 bits per heavy atom. The highest BCUT2D eigenvalue weighted by molar-refractivity contribution is 7.90. The largest absolute Gasteiger partial charge is 0.396 e. The predicted octanol–water partition coefficient (Wildman–Crippen LogP) is 0.909. The zero-order valence-corrected chi connectivity index (χ0v) is 10.4. The van der Waals surface area contributed by atoms with E-state index < -0.39 is 9.84 Å². The lowest BCUT2D eigenvalue weighted by Crippen LogP contribution is -2.19. The molecular formula is C11H17NO3S. The summed E-state index contributed by atoms with van der Waals surface area (Å²) in [7, 11) is -1.21. The standard InChI is InChI=1S/C11H17NO3S/c1-12(8-3-9-13)10-4-6-11(7-5-10)16(2,14)15/h4-7,13H,3,8-9H2,1-2H3. The van der Waals surface area contributed by atoms with Gasteiger partial charge in [0.15, 0.2) is 9.84 Å². The minimum atomic E-state index is -3.12. The van der Waals surface area contributed by atoms with Gasteiger partial charge in [-0.3, -0.25) is 0 Å². The number of nitrogens with zero attached hydrogens (tertiary/aromatic N) is 1. The van der Waals surface area contributed by atoms with Crippen LogP contribution in [0.4, 0.5) is 5.69 Å². The van der Waals surface area contributed by atoms with Crippen LogP contribution in [0.15, 0.2) is 29.2 Å². The Morgan fingerprint density at radius 1 is 1.25 bits per heavy atom. The number of hydrogen-bond acceptors (Lipinski definition) is 4. The summed E-state index contributed by atoms with van der Waals surface area (Å²) in [6.45, 7) is 0.903. The third kappa shape index (κ3) is 3.50. The summed E-state index contributed by atoms with van der Waals surface area (Å²) in [6, 6.07) is 6.74. The minimum Gasteiger partial charge on any atom is -0.396 e. The van der Waals surface area contributed by atoms with Crippen LogP contribution in [0.3, 0.4) is 0 Å². The summed E-state index contributed by atoms with van der Waals surface area (Å²) in [4.78, 5) is 2.30. The molecule has 0 fully saturated rings. The molecule has 0 heterocycles. The number of sulfone groups is 1. The fourth-order valence-corrected chi connectivity index (χ4v) is 2.02. The first-order valence-electron chi connectivity index (χ1n) is 5.07. The Balaban J connectivity index is 2.79. The molecule has 0 aliphatic carbocycles. The van der Waals surface area contributed by atoms with E-state index >= 15 is 0 Å². The molecule has 0 aliphatic heterocycles. The highest BCUT2D eigenvalue weighted by Crippen LogP contribution is 2.16. The van der Waals surface area contributed by atoms with Crippen molar-refractivity contribution >= 4 is 15.5 Å². The molecular weight excluding hydrogens is 226 g/mol. The van der Waals surface area contributed by atoms with Crippen LogP contribution in [0.5, 0.6) is 0 Å². The first-order valence-corrected chi connectivity index (χ1v) is 6.96. The summed E-state index contributed by atoms with van der Waals surface area (Å²) in [6.07, 6.45) is 1.89. The molecule has 0 spiro atoms. The molecule has 0 atom stereocenters. The van der Waals surface area contributed by atoms with E-state index in [2.05, 4.69) is 0 Å². The molecule has 0 bridgehead atoms. The van der Waals surface area contributed by atoms with Gasteiger partial charge in [0.2, 0.25) is 0 Å². The SMILES string of the molecule is CN(CCCO)c1ccc(S(C)(=O)=O)cc1. The van der Waals surface area contributed by atoms with Crippen molar-refractivity contribution in [3.63, 3.8) is 0 Å². The quantitative estimate of drug-likeness (QED) is 0.835. The van der Waals surface area contributed by atoms with Gasteiger partial charge in [0.1, 0.15) is 0 Å². The number of aliphatic hydroxyl groups is 1. The van der Waals surface area contributed by atoms with Crippen molar-refractivity contribution in [3.8, 4) is 0 Å². The molecule has 5 heteroatoms. The number of hydrogen-bond donors (Lipinski definition) is 1. The van der Waals surface area contributed by atoms with Crippen LogP contribution in [0.25, 0.3) is 0 Å². The summed E-state index contributed by atoms with van der Waals surface area (Å²) < 4.78 is 22.5. The van der Waals surface area contributed by atoms with Crippen molar-refractivity contribution in [2.24, 2.45) is 0 Å². The van der Waals surface area contributed by atoms with Gasteiger partial charge < -0.3 is 10.0 Å². The van der Waals surface area contributed by atoms with E-state index in [9.17, 15) is 8.42 Å². The molecule has 0 radical (unpaired) electrons. The molecule has 0 aromatic heterocycles. The van der Waals surface area contributed by atoms with E-state index in [0.29, 0.717) is 11.3 Å². The molecule has 0 saturated heterocycles. The number of rotatable bonds is 5. The lowest BCUT2D eigenvalue weighted by atomic mass is 10.3. The molecule has 1 N–H and O–H groups in total. The van der Waals surface area contributed by atoms with E-state index in [1.165, 1.54) is 6.26 Å². The lowest BCUT2D eigenvalue weighted by Gasteiger charge is -2.18. The van der Waals surface area contributed by atoms with E-state index in [1.807, 2.05) is 11.9 Å². The third-order valence-corrected chi connectivity index (χ3v) is 3.49. The van der Waals surface area contributed by atoms with Crippen LogP contribution < -0.4 is 4.90 Å². The summed E-state index contributed by atoms with van der Waals surface area (Å²) in [5.41, 5.74) is 0.945. The summed E-state index contributed by atoms with van der Waals surface area (Å²) in [5.74, 6) is 0. The van der Waals surface area contributed by atoms with E-state index in [0.717, 1.165) is 12.2 Å². The topological polar surface area (TPSA) is 57.6 Å². The Morgan fingerprint density at radius 2 is 1.81 bits per heavy atom. The van der Waals surface area contributed by atoms with Gasteiger partial charge in [-0.05, 0) is 30.7 Å². The van der Waals surface area contributed by atoms with E-state index in [1.54, 1.807) is 24.3 Å². The number of aliphatic hydroxyl groups excluding tert-OH is 1. The maximum atomic E-state index is 11.2. The fourth-order valence-electron chi connectivity index (χ4n) is 1.38. The molecule has 16 heavy (non-hydrogen) atoms. The third-order valence-electron chi connectivity index (χ3n) is 2.36. The van der Waals surface area contributed by atoms with Gasteiger partial charge in [-0.2, -0.15) is 0 Å². The highest BCUT2D eigenvalue weighted by Gasteiger charge is 2.07. The van der Waals surface area contributed by atoms with E-state index in [-0.39, 0.29) is 6.61 Å². The predicted molar refractivity (Wildman–Crippen MR) is 64.5 cm³/mol. The average Bonchev–Trinajstić information content (AvgIpc) is 2.25. The van der Waals surface area contributed by atoms with Crippen molar-refractivity contribution in [1.29, 1.82) is 0 Å². The van der Waals surface area contributed by atoms with Crippen LogP contribution in [0.2, 0.25) is 0 Å². The van der Waals surface area contributed by atoms with Gasteiger partial charge in [0.25, 0.3) is 0 Å². The monoisotopic (exact) mass is 243 g/mol. The van der Waals surface area contributed by atoms with Crippen LogP contribution in [0, 0.1) is 0 Å². The summed E-state index contributed by atoms with van der Waals surface area (Å²) >= 11 is 0. The second kappa shape index (κ2) is 5.32. The van der Waals surface area contributed by atoms with Crippen molar-refractivity contribution in [3.05, 3.63) is 24.3 Å². The van der Waals surface area contributed by atoms with Crippen molar-refractivity contribution < 1.29 is 13.5 Å². The average molecular weight is 243 g/mol. The normalized spacial score (nSPS) is 11.4. The van der Waals surface area contributed by atoms with Gasteiger partial charge in [0.05, 0.1) is 4.90 Å². The molecule has 0 amide bonds. The van der Waals surface area contributed by atoms with Crippen molar-refractivity contribution in [2.45, 2.75) is 11.3 Å². The van der Waals surface area contributed by atoms with E-state index in [4.69, 9.17) is 5.11 Å². The van der Waals surface area contributed by atoms with Crippen molar-refractivity contribution in [1.82, 2.24) is 0 Å². The Labute approximate surface area is 96.4 Å².